The van der Waals surface area contributed by atoms with Gasteiger partial charge in [0.25, 0.3) is 11.8 Å². The van der Waals surface area contributed by atoms with Gasteiger partial charge in [0.05, 0.1) is 5.69 Å². The van der Waals surface area contributed by atoms with Crippen LogP contribution in [0.15, 0.2) is 48.5 Å². The molecule has 0 bridgehead atoms. The van der Waals surface area contributed by atoms with Crippen LogP contribution in [0.25, 0.3) is 0 Å². The molecule has 30 heavy (non-hydrogen) atoms. The molecule has 4 rings (SSSR count). The highest BCUT2D eigenvalue weighted by molar-refractivity contribution is 6.07. The summed E-state index contributed by atoms with van der Waals surface area (Å²) >= 11 is 0. The number of ether oxygens (including phenoxy) is 2. The van der Waals surface area contributed by atoms with Crippen LogP contribution < -0.4 is 20.3 Å². The maximum atomic E-state index is 12.7. The van der Waals surface area contributed by atoms with Gasteiger partial charge in [-0.05, 0) is 50.1 Å². The fourth-order valence-electron chi connectivity index (χ4n) is 3.52. The summed E-state index contributed by atoms with van der Waals surface area (Å²) in [4.78, 5) is 39.0. The fraction of sp³-hybridized carbons (Fsp3) is 0.318. The lowest BCUT2D eigenvalue weighted by Crippen LogP contribution is -2.47. The van der Waals surface area contributed by atoms with E-state index in [0.717, 1.165) is 6.42 Å². The summed E-state index contributed by atoms with van der Waals surface area (Å²) in [6, 6.07) is 14.1. The highest BCUT2D eigenvalue weighted by Gasteiger charge is 2.33. The summed E-state index contributed by atoms with van der Waals surface area (Å²) in [7, 11) is 0. The van der Waals surface area contributed by atoms with E-state index in [1.54, 1.807) is 37.3 Å². The Kier molecular flexibility index (Phi) is 5.67. The molecule has 1 saturated heterocycles. The third-order valence-corrected chi connectivity index (χ3v) is 5.02. The van der Waals surface area contributed by atoms with Gasteiger partial charge in [-0.15, -0.1) is 0 Å². The van der Waals surface area contributed by atoms with Gasteiger partial charge in [0.2, 0.25) is 5.91 Å². The van der Waals surface area contributed by atoms with Crippen molar-refractivity contribution in [3.8, 4) is 5.75 Å². The number of rotatable bonds is 5. The molecule has 0 saturated carbocycles. The van der Waals surface area contributed by atoms with Crippen LogP contribution in [0.5, 0.6) is 5.75 Å². The van der Waals surface area contributed by atoms with Crippen LogP contribution >= 0.6 is 0 Å². The van der Waals surface area contributed by atoms with Gasteiger partial charge in [-0.25, -0.2) is 0 Å². The van der Waals surface area contributed by atoms with E-state index in [0.29, 0.717) is 35.8 Å². The molecule has 8 heteroatoms. The molecular formula is C22H23N3O5. The number of amides is 3. The Bertz CT molecular complexity index is 957. The van der Waals surface area contributed by atoms with Gasteiger partial charge in [-0.1, -0.05) is 18.2 Å². The molecule has 3 amide bonds. The van der Waals surface area contributed by atoms with E-state index in [9.17, 15) is 14.4 Å². The number of carbonyl (C=O) groups is 3. The Balaban J connectivity index is 1.53. The zero-order chi connectivity index (χ0) is 21.1. The number of nitrogens with one attached hydrogen (secondary N) is 2. The molecule has 2 unspecified atom stereocenters. The zero-order valence-electron chi connectivity index (χ0n) is 16.6. The van der Waals surface area contributed by atoms with Crippen molar-refractivity contribution in [3.63, 3.8) is 0 Å². The predicted molar refractivity (Wildman–Crippen MR) is 112 cm³/mol. The smallest absolute Gasteiger partial charge is 0.268 e. The minimum absolute atomic E-state index is 0.169. The van der Waals surface area contributed by atoms with E-state index in [1.807, 2.05) is 18.2 Å². The third-order valence-electron chi connectivity index (χ3n) is 5.02. The number of para-hydroxylation sites is 1. The summed E-state index contributed by atoms with van der Waals surface area (Å²) in [6.45, 7) is 2.05. The summed E-state index contributed by atoms with van der Waals surface area (Å²) in [6.07, 6.45) is 0.357. The number of nitrogens with zero attached hydrogens (tertiary/aromatic N) is 1. The van der Waals surface area contributed by atoms with Gasteiger partial charge < -0.3 is 20.1 Å². The lowest BCUT2D eigenvalue weighted by Gasteiger charge is -2.33. The van der Waals surface area contributed by atoms with Gasteiger partial charge in [0, 0.05) is 18.0 Å². The second-order valence-corrected chi connectivity index (χ2v) is 7.27. The zero-order valence-corrected chi connectivity index (χ0v) is 16.6. The number of hydrogen-bond acceptors (Lipinski definition) is 5. The molecule has 2 aliphatic heterocycles. The topological polar surface area (TPSA) is 97.0 Å². The maximum absolute atomic E-state index is 12.7. The Hall–Kier alpha value is -3.39. The van der Waals surface area contributed by atoms with Crippen LogP contribution in [0.2, 0.25) is 0 Å². The molecule has 2 atom stereocenters. The Labute approximate surface area is 174 Å². The molecular weight excluding hydrogens is 386 g/mol. The van der Waals surface area contributed by atoms with Crippen molar-refractivity contribution < 1.29 is 23.9 Å². The number of fused-ring (bicyclic) bond motifs is 1. The van der Waals surface area contributed by atoms with Crippen molar-refractivity contribution in [2.24, 2.45) is 0 Å². The monoisotopic (exact) mass is 409 g/mol. The lowest BCUT2D eigenvalue weighted by molar-refractivity contribution is -0.127. The Morgan fingerprint density at radius 2 is 1.90 bits per heavy atom. The largest absolute Gasteiger partial charge is 0.479 e. The average molecular weight is 409 g/mol. The first-order chi connectivity index (χ1) is 14.5. The molecule has 2 aromatic rings. The third kappa shape index (κ3) is 4.28. The maximum Gasteiger partial charge on any atom is 0.268 e. The first kappa shape index (κ1) is 19.9. The van der Waals surface area contributed by atoms with Crippen LogP contribution in [0.1, 0.15) is 19.8 Å². The number of carbonyl (C=O) groups excluding carboxylic acids is 3. The van der Waals surface area contributed by atoms with Crippen molar-refractivity contribution in [3.05, 3.63) is 48.5 Å². The highest BCUT2D eigenvalue weighted by Crippen LogP contribution is 2.36. The van der Waals surface area contributed by atoms with E-state index >= 15 is 0 Å². The van der Waals surface area contributed by atoms with Crippen molar-refractivity contribution in [2.45, 2.75) is 32.0 Å². The Morgan fingerprint density at radius 3 is 2.63 bits per heavy atom. The standard InChI is InChI=1S/C22H23N3O5/c1-14-22(28)25(13-20(26)23-15-6-3-2-4-7-15)17-12-16(9-10-18(17)30-14)24-21(27)19-8-5-11-29-19/h2-4,6-7,9-10,12,14,19H,5,8,11,13H2,1H3,(H,23,26)(H,24,27). The molecule has 2 aliphatic rings. The van der Waals surface area contributed by atoms with E-state index < -0.39 is 12.2 Å². The van der Waals surface area contributed by atoms with Gasteiger partial charge >= 0.3 is 0 Å². The van der Waals surface area contributed by atoms with E-state index in [1.165, 1.54) is 4.90 Å². The van der Waals surface area contributed by atoms with E-state index in [2.05, 4.69) is 10.6 Å². The molecule has 2 heterocycles. The van der Waals surface area contributed by atoms with E-state index in [-0.39, 0.29) is 24.3 Å². The van der Waals surface area contributed by atoms with Crippen LogP contribution in [-0.4, -0.2) is 43.1 Å². The van der Waals surface area contributed by atoms with E-state index in [4.69, 9.17) is 9.47 Å². The minimum atomic E-state index is -0.714. The second kappa shape index (κ2) is 8.54. The Morgan fingerprint density at radius 1 is 1.10 bits per heavy atom. The molecule has 2 aromatic carbocycles. The van der Waals surface area contributed by atoms with Crippen LogP contribution in [0, 0.1) is 0 Å². The van der Waals surface area contributed by atoms with Crippen molar-refractivity contribution >= 4 is 34.8 Å². The average Bonchev–Trinajstić information content (AvgIpc) is 3.28. The molecule has 0 radical (unpaired) electrons. The summed E-state index contributed by atoms with van der Waals surface area (Å²) in [5.74, 6) is -0.404. The second-order valence-electron chi connectivity index (χ2n) is 7.27. The SMILES string of the molecule is CC1Oc2ccc(NC(=O)C3CCCO3)cc2N(CC(=O)Nc2ccccc2)C1=O. The van der Waals surface area contributed by atoms with Crippen molar-refractivity contribution in [1.82, 2.24) is 0 Å². The van der Waals surface area contributed by atoms with Gasteiger partial charge in [0.15, 0.2) is 6.10 Å². The minimum Gasteiger partial charge on any atom is -0.479 e. The molecule has 8 nitrogen and oxygen atoms in total. The molecule has 0 aromatic heterocycles. The van der Waals surface area contributed by atoms with Gasteiger partial charge in [0.1, 0.15) is 18.4 Å². The van der Waals surface area contributed by atoms with Crippen LogP contribution in [0.4, 0.5) is 17.1 Å². The number of hydrogen-bond donors (Lipinski definition) is 2. The molecule has 0 aliphatic carbocycles. The molecule has 156 valence electrons. The number of anilines is 3. The summed E-state index contributed by atoms with van der Waals surface area (Å²) in [5.41, 5.74) is 1.59. The summed E-state index contributed by atoms with van der Waals surface area (Å²) < 4.78 is 11.1. The van der Waals surface area contributed by atoms with Crippen molar-refractivity contribution in [1.29, 1.82) is 0 Å². The number of benzene rings is 2. The quantitative estimate of drug-likeness (QED) is 0.791. The van der Waals surface area contributed by atoms with Crippen molar-refractivity contribution in [2.75, 3.05) is 28.7 Å². The molecule has 2 N–H and O–H groups in total. The first-order valence-electron chi connectivity index (χ1n) is 9.91. The van der Waals surface area contributed by atoms with Gasteiger partial charge in [-0.2, -0.15) is 0 Å². The highest BCUT2D eigenvalue weighted by atomic mass is 16.5. The van der Waals surface area contributed by atoms with Crippen LogP contribution in [-0.2, 0) is 19.1 Å². The first-order valence-corrected chi connectivity index (χ1v) is 9.91. The van der Waals surface area contributed by atoms with Gasteiger partial charge in [-0.3, -0.25) is 19.3 Å². The van der Waals surface area contributed by atoms with Crippen LogP contribution in [0.3, 0.4) is 0 Å². The molecule has 0 spiro atoms. The predicted octanol–water partition coefficient (Wildman–Crippen LogP) is 2.56. The summed E-state index contributed by atoms with van der Waals surface area (Å²) in [5, 5.41) is 5.60. The fourth-order valence-corrected chi connectivity index (χ4v) is 3.52. The normalized spacial score (nSPS) is 20.3. The molecule has 1 fully saturated rings. The lowest BCUT2D eigenvalue weighted by atomic mass is 10.1.